The second-order valence-corrected chi connectivity index (χ2v) is 17.5. The molecule has 4 atom stereocenters. The van der Waals surface area contributed by atoms with E-state index in [0.29, 0.717) is 43.1 Å². The predicted molar refractivity (Wildman–Crippen MR) is 263 cm³/mol. The molecule has 0 saturated carbocycles. The molecule has 0 heterocycles. The molecule has 0 spiro atoms. The minimum Gasteiger partial charge on any atom is -0.462 e. The maximum absolute atomic E-state index is 12.7. The van der Waals surface area contributed by atoms with Crippen LogP contribution in [0, 0.1) is 0 Å². The molecule has 0 aromatic rings. The van der Waals surface area contributed by atoms with Gasteiger partial charge in [-0.25, -0.2) is 4.57 Å². The number of hydrogen-bond donors (Lipinski definition) is 3. The van der Waals surface area contributed by atoms with Crippen molar-refractivity contribution in [3.63, 3.8) is 0 Å². The number of aliphatic hydroxyl groups is 2. The van der Waals surface area contributed by atoms with E-state index in [1.165, 1.54) is 0 Å². The van der Waals surface area contributed by atoms with E-state index in [1.807, 2.05) is 63.7 Å². The van der Waals surface area contributed by atoms with E-state index in [9.17, 15) is 29.3 Å². The van der Waals surface area contributed by atoms with Gasteiger partial charge in [-0.2, -0.15) is 0 Å². The molecule has 1 unspecified atom stereocenters. The quantitative estimate of drug-likeness (QED) is 0.0136. The lowest BCUT2D eigenvalue weighted by molar-refractivity contribution is -0.870. The molecule has 0 saturated heterocycles. The number of aliphatic hydroxyl groups excluding tert-OH is 2. The number of likely N-dealkylation sites (N-methyl/N-ethyl adjacent to an activating group) is 1. The van der Waals surface area contributed by atoms with Crippen LogP contribution in [0.1, 0.15) is 117 Å². The fraction of sp³-hybridized carbons (Fsp3) is 0.538. The van der Waals surface area contributed by atoms with Crippen molar-refractivity contribution in [3.05, 3.63) is 134 Å². The summed E-state index contributed by atoms with van der Waals surface area (Å²) >= 11 is 0. The van der Waals surface area contributed by atoms with E-state index in [4.69, 9.17) is 18.5 Å². The first kappa shape index (κ1) is 60.1. The van der Waals surface area contributed by atoms with Crippen LogP contribution in [0.3, 0.4) is 0 Å². The maximum Gasteiger partial charge on any atom is 0.472 e. The molecule has 11 nitrogen and oxygen atoms in total. The molecule has 0 radical (unpaired) electrons. The van der Waals surface area contributed by atoms with Crippen molar-refractivity contribution in [1.29, 1.82) is 0 Å². The van der Waals surface area contributed by atoms with Crippen LogP contribution >= 0.6 is 7.82 Å². The molecule has 0 aliphatic carbocycles. The minimum atomic E-state index is -4.45. The highest BCUT2D eigenvalue weighted by Gasteiger charge is 2.27. The van der Waals surface area contributed by atoms with E-state index in [1.54, 1.807) is 30.4 Å². The van der Waals surface area contributed by atoms with Gasteiger partial charge in [-0.15, -0.1) is 0 Å². The van der Waals surface area contributed by atoms with Gasteiger partial charge in [-0.1, -0.05) is 154 Å². The van der Waals surface area contributed by atoms with Crippen LogP contribution in [0.25, 0.3) is 0 Å². The second-order valence-electron chi connectivity index (χ2n) is 16.1. The highest BCUT2D eigenvalue weighted by molar-refractivity contribution is 7.47. The van der Waals surface area contributed by atoms with Gasteiger partial charge in [0.05, 0.1) is 40.0 Å². The Balaban J connectivity index is 4.66. The summed E-state index contributed by atoms with van der Waals surface area (Å²) in [6.45, 7) is 3.82. The normalized spacial score (nSPS) is 15.7. The summed E-state index contributed by atoms with van der Waals surface area (Å²) in [7, 11) is 1.31. The molecular weight excluding hydrogens is 830 g/mol. The number of nitrogens with zero attached hydrogens (tertiary/aromatic N) is 1. The molecular formula is C52H83NO10P+. The van der Waals surface area contributed by atoms with Gasteiger partial charge in [0.15, 0.2) is 6.10 Å². The van der Waals surface area contributed by atoms with Crippen LogP contribution in [0.2, 0.25) is 0 Å². The topological polar surface area (TPSA) is 149 Å². The fourth-order valence-electron chi connectivity index (χ4n) is 5.25. The van der Waals surface area contributed by atoms with Crippen molar-refractivity contribution < 1.29 is 52.3 Å². The number of ether oxygens (including phenoxy) is 2. The number of phosphoric acid groups is 1. The summed E-state index contributed by atoms with van der Waals surface area (Å²) in [4.78, 5) is 35.4. The third kappa shape index (κ3) is 44.7. The molecule has 0 aliphatic heterocycles. The maximum atomic E-state index is 12.7. The highest BCUT2D eigenvalue weighted by Crippen LogP contribution is 2.43. The van der Waals surface area contributed by atoms with E-state index >= 15 is 0 Å². The van der Waals surface area contributed by atoms with Crippen LogP contribution in [0.4, 0.5) is 0 Å². The molecule has 12 heteroatoms. The second kappa shape index (κ2) is 41.8. The lowest BCUT2D eigenvalue weighted by Crippen LogP contribution is -2.37. The molecule has 360 valence electrons. The van der Waals surface area contributed by atoms with Gasteiger partial charge in [0.1, 0.15) is 19.8 Å². The third-order valence-electron chi connectivity index (χ3n) is 8.85. The fourth-order valence-corrected chi connectivity index (χ4v) is 5.99. The number of phosphoric ester groups is 1. The van der Waals surface area contributed by atoms with Crippen molar-refractivity contribution >= 4 is 19.8 Å². The van der Waals surface area contributed by atoms with E-state index in [-0.39, 0.29) is 26.1 Å². The van der Waals surface area contributed by atoms with Gasteiger partial charge in [0, 0.05) is 12.8 Å². The number of unbranched alkanes of at least 4 members (excludes halogenated alkanes) is 4. The van der Waals surface area contributed by atoms with Gasteiger partial charge in [-0.05, 0) is 83.5 Å². The molecule has 0 aromatic heterocycles. The number of carbonyl (C=O) groups is 2. The molecule has 0 bridgehead atoms. The molecule has 64 heavy (non-hydrogen) atoms. The van der Waals surface area contributed by atoms with Crippen molar-refractivity contribution in [1.82, 2.24) is 0 Å². The van der Waals surface area contributed by atoms with Crippen LogP contribution in [-0.2, 0) is 32.7 Å². The first-order valence-electron chi connectivity index (χ1n) is 23.1. The largest absolute Gasteiger partial charge is 0.472 e. The van der Waals surface area contributed by atoms with Crippen LogP contribution in [-0.4, -0.2) is 97.3 Å². The number of esters is 2. The molecule has 0 fully saturated rings. The predicted octanol–water partition coefficient (Wildman–Crippen LogP) is 11.4. The number of rotatable bonds is 39. The number of allylic oxidation sites excluding steroid dienone is 18. The van der Waals surface area contributed by atoms with Crippen LogP contribution in [0.5, 0.6) is 0 Å². The summed E-state index contributed by atoms with van der Waals surface area (Å²) in [6.07, 6.45) is 52.9. The summed E-state index contributed by atoms with van der Waals surface area (Å²) in [5, 5.41) is 20.0. The van der Waals surface area contributed by atoms with Crippen molar-refractivity contribution in [2.24, 2.45) is 0 Å². The Bertz CT molecular complexity index is 1580. The summed E-state index contributed by atoms with van der Waals surface area (Å²) in [6, 6.07) is 0. The SMILES string of the molecule is CC/C=C\C/C=C\C/C=C\C/C=C\C/C=C\CCCCCC(=O)O[C@H](COC(=O)CCC/C=C\[C@H](O)/C=C/C=C\C/C=C\C=C\[C@H](O)C/C=C\CC)COP(=O)(O)OCC[N+](C)(C)C. The zero-order chi connectivity index (χ0) is 47.4. The first-order chi connectivity index (χ1) is 30.8. The monoisotopic (exact) mass is 913 g/mol. The Kier molecular flexibility index (Phi) is 39.2. The Hall–Kier alpha value is -3.93. The van der Waals surface area contributed by atoms with Gasteiger partial charge in [-0.3, -0.25) is 18.6 Å². The summed E-state index contributed by atoms with van der Waals surface area (Å²) in [5.74, 6) is -1.04. The van der Waals surface area contributed by atoms with Gasteiger partial charge < -0.3 is 29.1 Å². The van der Waals surface area contributed by atoms with E-state index in [2.05, 4.69) is 74.6 Å². The molecule has 0 amide bonds. The Morgan fingerprint density at radius 3 is 1.75 bits per heavy atom. The number of carbonyl (C=O) groups excluding carboxylic acids is 2. The van der Waals surface area contributed by atoms with Gasteiger partial charge in [0.2, 0.25) is 0 Å². The molecule has 3 N–H and O–H groups in total. The minimum absolute atomic E-state index is 0.0171. The number of hydrogen-bond acceptors (Lipinski definition) is 9. The summed E-state index contributed by atoms with van der Waals surface area (Å²) < 4.78 is 34.1. The van der Waals surface area contributed by atoms with Crippen LogP contribution in [0.15, 0.2) is 134 Å². The zero-order valence-electron chi connectivity index (χ0n) is 39.7. The van der Waals surface area contributed by atoms with Crippen LogP contribution < -0.4 is 0 Å². The Morgan fingerprint density at radius 1 is 0.578 bits per heavy atom. The van der Waals surface area contributed by atoms with Crippen molar-refractivity contribution in [2.75, 3.05) is 47.5 Å². The molecule has 0 rings (SSSR count). The van der Waals surface area contributed by atoms with E-state index < -0.39 is 44.7 Å². The smallest absolute Gasteiger partial charge is 0.462 e. The summed E-state index contributed by atoms with van der Waals surface area (Å²) in [5.41, 5.74) is 0. The zero-order valence-corrected chi connectivity index (χ0v) is 40.6. The third-order valence-corrected chi connectivity index (χ3v) is 9.84. The van der Waals surface area contributed by atoms with Gasteiger partial charge in [0.25, 0.3) is 0 Å². The standard InChI is InChI=1S/C52H82NO10P/c1-6-8-10-11-12-13-14-15-16-17-18-19-20-21-22-23-27-30-36-43-52(57)63-50(47-62-64(58,59)61-45-44-53(3,4)5)46-60-51(56)42-37-31-35-41-49(55)40-34-29-26-24-25-28-33-39-48(54)38-32-9-7-2/h8-10,12-13,15-16,18-19,21-22,25-26,28-29,32-35,39-41,48-50,54-55H,6-7,11,14,17,20,23-24,27,30-31,36-38,42-47H2,1-5H3/p+1/b10-8-,13-12-,16-15-,19-18-,22-21-,28-25-,29-26-,32-9-,39-33+,40-34+,41-35-/t48-,49-,50-/m1/s1. The Morgan fingerprint density at radius 2 is 1.12 bits per heavy atom. The average molecular weight is 913 g/mol. The van der Waals surface area contributed by atoms with Crippen molar-refractivity contribution in [3.8, 4) is 0 Å². The first-order valence-corrected chi connectivity index (χ1v) is 24.6. The highest BCUT2D eigenvalue weighted by atomic mass is 31.2. The Labute approximate surface area is 386 Å². The lowest BCUT2D eigenvalue weighted by atomic mass is 10.1. The number of quaternary nitrogens is 1. The average Bonchev–Trinajstić information content (AvgIpc) is 3.24. The lowest BCUT2D eigenvalue weighted by Gasteiger charge is -2.24. The molecule has 0 aliphatic rings. The van der Waals surface area contributed by atoms with E-state index in [0.717, 1.165) is 57.8 Å². The van der Waals surface area contributed by atoms with Gasteiger partial charge >= 0.3 is 19.8 Å². The molecule has 0 aromatic carbocycles. The van der Waals surface area contributed by atoms with Crippen molar-refractivity contribution in [2.45, 2.75) is 135 Å².